The van der Waals surface area contributed by atoms with E-state index < -0.39 is 20.9 Å². The highest BCUT2D eigenvalue weighted by Gasteiger charge is 2.18. The fourth-order valence-corrected chi connectivity index (χ4v) is 3.52. The summed E-state index contributed by atoms with van der Waals surface area (Å²) >= 11 is 0. The highest BCUT2D eigenvalue weighted by molar-refractivity contribution is 7.89. The first-order valence-corrected chi connectivity index (χ1v) is 9.89. The van der Waals surface area contributed by atoms with Crippen LogP contribution in [0, 0.1) is 17.0 Å². The van der Waals surface area contributed by atoms with Crippen LogP contribution in [0.3, 0.4) is 0 Å². The number of sulfonamides is 1. The van der Waals surface area contributed by atoms with E-state index in [1.807, 2.05) is 6.92 Å². The summed E-state index contributed by atoms with van der Waals surface area (Å²) < 4.78 is 26.8. The Balaban J connectivity index is 2.14. The molecular formula is C18H21N3O5S. The van der Waals surface area contributed by atoms with Gasteiger partial charge in [-0.2, -0.15) is 0 Å². The van der Waals surface area contributed by atoms with E-state index in [-0.39, 0.29) is 21.7 Å². The number of hydrogen-bond donors (Lipinski definition) is 2. The van der Waals surface area contributed by atoms with Crippen LogP contribution in [0.5, 0.6) is 0 Å². The number of nitro groups is 1. The number of nitrogens with zero attached hydrogens (tertiary/aromatic N) is 1. The summed E-state index contributed by atoms with van der Waals surface area (Å²) in [6.07, 6.45) is 1.63. The van der Waals surface area contributed by atoms with Crippen molar-refractivity contribution in [3.63, 3.8) is 0 Å². The predicted octanol–water partition coefficient (Wildman–Crippen LogP) is 3.23. The van der Waals surface area contributed by atoms with Gasteiger partial charge in [-0.15, -0.1) is 0 Å². The van der Waals surface area contributed by atoms with Gasteiger partial charge < -0.3 is 5.32 Å². The van der Waals surface area contributed by atoms with E-state index in [0.29, 0.717) is 12.2 Å². The molecule has 0 saturated heterocycles. The van der Waals surface area contributed by atoms with Crippen LogP contribution in [0.4, 0.5) is 11.4 Å². The molecule has 1 amide bonds. The Bertz CT molecular complexity index is 940. The van der Waals surface area contributed by atoms with Gasteiger partial charge in [-0.3, -0.25) is 14.9 Å². The van der Waals surface area contributed by atoms with E-state index in [4.69, 9.17) is 0 Å². The summed E-state index contributed by atoms with van der Waals surface area (Å²) in [6, 6.07) is 10.00. The van der Waals surface area contributed by atoms with E-state index in [2.05, 4.69) is 10.0 Å². The van der Waals surface area contributed by atoms with Crippen molar-refractivity contribution >= 4 is 27.3 Å². The summed E-state index contributed by atoms with van der Waals surface area (Å²) in [5.41, 5.74) is 0.696. The van der Waals surface area contributed by atoms with Crippen LogP contribution in [0.25, 0.3) is 0 Å². The molecule has 0 heterocycles. The van der Waals surface area contributed by atoms with Crippen LogP contribution >= 0.6 is 0 Å². The first-order chi connectivity index (χ1) is 12.8. The highest BCUT2D eigenvalue weighted by atomic mass is 32.2. The molecule has 0 atom stereocenters. The second kappa shape index (κ2) is 8.74. The second-order valence-electron chi connectivity index (χ2n) is 5.94. The van der Waals surface area contributed by atoms with Crippen LogP contribution in [0.15, 0.2) is 47.4 Å². The van der Waals surface area contributed by atoms with Crippen molar-refractivity contribution in [3.05, 3.63) is 63.7 Å². The largest absolute Gasteiger partial charge is 0.322 e. The number of carbonyl (C=O) groups is 1. The molecule has 9 heteroatoms. The van der Waals surface area contributed by atoms with Gasteiger partial charge >= 0.3 is 0 Å². The lowest BCUT2D eigenvalue weighted by atomic mass is 10.1. The first-order valence-electron chi connectivity index (χ1n) is 8.41. The molecule has 2 aromatic carbocycles. The van der Waals surface area contributed by atoms with Crippen LogP contribution in [0.2, 0.25) is 0 Å². The molecule has 0 unspecified atom stereocenters. The number of benzene rings is 2. The Labute approximate surface area is 157 Å². The Morgan fingerprint density at radius 2 is 1.81 bits per heavy atom. The minimum Gasteiger partial charge on any atom is -0.322 e. The lowest BCUT2D eigenvalue weighted by Gasteiger charge is -2.10. The van der Waals surface area contributed by atoms with Gasteiger partial charge in [0.1, 0.15) is 0 Å². The number of nitro benzene ring substituents is 1. The van der Waals surface area contributed by atoms with Gasteiger partial charge in [-0.25, -0.2) is 13.1 Å². The van der Waals surface area contributed by atoms with Crippen molar-refractivity contribution in [1.82, 2.24) is 4.72 Å². The van der Waals surface area contributed by atoms with Gasteiger partial charge in [0.15, 0.2) is 0 Å². The summed E-state index contributed by atoms with van der Waals surface area (Å²) in [4.78, 5) is 22.9. The lowest BCUT2D eigenvalue weighted by molar-refractivity contribution is -0.385. The third-order valence-electron chi connectivity index (χ3n) is 3.99. The fraction of sp³-hybridized carbons (Fsp3) is 0.278. The van der Waals surface area contributed by atoms with Crippen molar-refractivity contribution in [2.45, 2.75) is 31.6 Å². The number of unbranched alkanes of at least 4 members (excludes halogenated alkanes) is 1. The Morgan fingerprint density at radius 1 is 1.15 bits per heavy atom. The lowest BCUT2D eigenvalue weighted by Crippen LogP contribution is -2.24. The van der Waals surface area contributed by atoms with E-state index in [0.717, 1.165) is 12.8 Å². The fourth-order valence-electron chi connectivity index (χ4n) is 2.45. The highest BCUT2D eigenvalue weighted by Crippen LogP contribution is 2.22. The van der Waals surface area contributed by atoms with Crippen LogP contribution < -0.4 is 10.0 Å². The average molecular weight is 391 g/mol. The molecule has 0 radical (unpaired) electrons. The van der Waals surface area contributed by atoms with E-state index in [9.17, 15) is 23.3 Å². The minimum absolute atomic E-state index is 0.100. The molecule has 2 N–H and O–H groups in total. The molecule has 144 valence electrons. The predicted molar refractivity (Wildman–Crippen MR) is 102 cm³/mol. The number of amides is 1. The van der Waals surface area contributed by atoms with E-state index in [1.165, 1.54) is 49.4 Å². The smallest absolute Gasteiger partial charge is 0.273 e. The first kappa shape index (κ1) is 20.5. The van der Waals surface area contributed by atoms with Gasteiger partial charge in [0.25, 0.3) is 11.6 Å². The number of carbonyl (C=O) groups excluding carboxylic acids is 1. The Morgan fingerprint density at radius 3 is 2.41 bits per heavy atom. The summed E-state index contributed by atoms with van der Waals surface area (Å²) in [5.74, 6) is -0.507. The molecule has 0 aromatic heterocycles. The maximum atomic E-state index is 12.4. The van der Waals surface area contributed by atoms with Gasteiger partial charge in [-0.05, 0) is 43.7 Å². The van der Waals surface area contributed by atoms with Gasteiger partial charge in [0.05, 0.1) is 9.82 Å². The maximum Gasteiger partial charge on any atom is 0.273 e. The molecule has 2 rings (SSSR count). The average Bonchev–Trinajstić information content (AvgIpc) is 2.62. The van der Waals surface area contributed by atoms with Gasteiger partial charge in [-0.1, -0.05) is 19.4 Å². The van der Waals surface area contributed by atoms with E-state index in [1.54, 1.807) is 0 Å². The normalized spacial score (nSPS) is 11.2. The molecular weight excluding hydrogens is 370 g/mol. The number of hydrogen-bond acceptors (Lipinski definition) is 5. The van der Waals surface area contributed by atoms with Gasteiger partial charge in [0, 0.05) is 29.4 Å². The summed E-state index contributed by atoms with van der Waals surface area (Å²) in [5, 5.41) is 13.6. The zero-order chi connectivity index (χ0) is 20.0. The van der Waals surface area contributed by atoms with Crippen LogP contribution in [0.1, 0.15) is 35.7 Å². The molecule has 0 saturated carbocycles. The topological polar surface area (TPSA) is 118 Å². The SMILES string of the molecule is CCCCNS(=O)(=O)c1ccc(NC(=O)c2cccc([N+](=O)[O-])c2C)cc1. The van der Waals surface area contributed by atoms with Crippen molar-refractivity contribution in [2.75, 3.05) is 11.9 Å². The van der Waals surface area contributed by atoms with Gasteiger partial charge in [0.2, 0.25) is 10.0 Å². The van der Waals surface area contributed by atoms with Crippen molar-refractivity contribution in [2.24, 2.45) is 0 Å². The molecule has 8 nitrogen and oxygen atoms in total. The second-order valence-corrected chi connectivity index (χ2v) is 7.70. The standard InChI is InChI=1S/C18H21N3O5S/c1-3-4-12-19-27(25,26)15-10-8-14(9-11-15)20-18(22)16-6-5-7-17(13(16)2)21(23)24/h5-11,19H,3-4,12H2,1-2H3,(H,20,22). The zero-order valence-corrected chi connectivity index (χ0v) is 15.9. The Kier molecular flexibility index (Phi) is 6.65. The molecule has 0 spiro atoms. The maximum absolute atomic E-state index is 12.4. The minimum atomic E-state index is -3.59. The number of rotatable bonds is 8. The quantitative estimate of drug-likeness (QED) is 0.407. The molecule has 0 aliphatic carbocycles. The summed E-state index contributed by atoms with van der Waals surface area (Å²) in [6.45, 7) is 3.84. The summed E-state index contributed by atoms with van der Waals surface area (Å²) in [7, 11) is -3.59. The number of nitrogens with one attached hydrogen (secondary N) is 2. The molecule has 0 fully saturated rings. The van der Waals surface area contributed by atoms with Crippen molar-refractivity contribution in [3.8, 4) is 0 Å². The van der Waals surface area contributed by atoms with Crippen LogP contribution in [-0.2, 0) is 10.0 Å². The molecule has 0 aliphatic heterocycles. The monoisotopic (exact) mass is 391 g/mol. The zero-order valence-electron chi connectivity index (χ0n) is 15.1. The molecule has 27 heavy (non-hydrogen) atoms. The number of anilines is 1. The third kappa shape index (κ3) is 5.11. The Hall–Kier alpha value is -2.78. The van der Waals surface area contributed by atoms with E-state index >= 15 is 0 Å². The molecule has 2 aromatic rings. The molecule has 0 bridgehead atoms. The van der Waals surface area contributed by atoms with Crippen LogP contribution in [-0.4, -0.2) is 25.8 Å². The van der Waals surface area contributed by atoms with Crippen molar-refractivity contribution < 1.29 is 18.1 Å². The third-order valence-corrected chi connectivity index (χ3v) is 5.47. The van der Waals surface area contributed by atoms with Crippen molar-refractivity contribution in [1.29, 1.82) is 0 Å². The molecule has 0 aliphatic rings.